The zero-order valence-corrected chi connectivity index (χ0v) is 15.3. The molecule has 1 fully saturated rings. The van der Waals surface area contributed by atoms with Gasteiger partial charge in [0.25, 0.3) is 5.91 Å². The van der Waals surface area contributed by atoms with Crippen molar-refractivity contribution in [3.8, 4) is 0 Å². The average molecular weight is 387 g/mol. The monoisotopic (exact) mass is 386 g/mol. The maximum Gasteiger partial charge on any atom is 0.407 e. The van der Waals surface area contributed by atoms with Gasteiger partial charge >= 0.3 is 6.09 Å². The summed E-state index contributed by atoms with van der Waals surface area (Å²) in [5.74, 6) is -0.637. The Morgan fingerprint density at radius 3 is 2.56 bits per heavy atom. The van der Waals surface area contributed by atoms with Crippen molar-refractivity contribution in [2.24, 2.45) is 0 Å². The Labute approximate surface area is 161 Å². The number of anilines is 1. The minimum atomic E-state index is -1.10. The molecule has 2 aromatic carbocycles. The number of carbonyl (C=O) groups excluding carboxylic acids is 2. The summed E-state index contributed by atoms with van der Waals surface area (Å²) in [7, 11) is 0. The van der Waals surface area contributed by atoms with E-state index in [0.717, 1.165) is 4.90 Å². The minimum absolute atomic E-state index is 0.0491. The number of para-hydroxylation sites is 1. The fraction of sp³-hybridized carbons (Fsp3) is 0.250. The van der Waals surface area contributed by atoms with Crippen LogP contribution in [0.3, 0.4) is 0 Å². The fourth-order valence-corrected chi connectivity index (χ4v) is 3.60. The average Bonchev–Trinajstić information content (AvgIpc) is 3.13. The van der Waals surface area contributed by atoms with E-state index in [1.54, 1.807) is 42.5 Å². The van der Waals surface area contributed by atoms with E-state index in [4.69, 9.17) is 11.6 Å². The highest BCUT2D eigenvalue weighted by Crippen LogP contribution is 2.25. The number of benzene rings is 2. The molecule has 1 unspecified atom stereocenters. The van der Waals surface area contributed by atoms with Gasteiger partial charge in [0, 0.05) is 18.7 Å². The van der Waals surface area contributed by atoms with Crippen molar-refractivity contribution < 1.29 is 19.5 Å². The number of carboxylic acid groups (broad SMARTS) is 1. The smallest absolute Gasteiger partial charge is 0.407 e. The number of halogens is 1. The summed E-state index contributed by atoms with van der Waals surface area (Å²) >= 11 is 6.24. The number of ketones is 1. The van der Waals surface area contributed by atoms with Gasteiger partial charge in [0.15, 0.2) is 5.78 Å². The number of carbonyl (C=O) groups is 3. The lowest BCUT2D eigenvalue weighted by Gasteiger charge is -2.21. The molecular formula is C20H19ClN2O4. The number of hydrogen-bond acceptors (Lipinski definition) is 3. The van der Waals surface area contributed by atoms with Gasteiger partial charge in [-0.15, -0.1) is 0 Å². The summed E-state index contributed by atoms with van der Waals surface area (Å²) in [4.78, 5) is 37.9. The predicted octanol–water partition coefficient (Wildman–Crippen LogP) is 3.85. The van der Waals surface area contributed by atoms with E-state index < -0.39 is 18.0 Å². The maximum atomic E-state index is 12.7. The quantitative estimate of drug-likeness (QED) is 0.817. The van der Waals surface area contributed by atoms with Crippen LogP contribution in [-0.4, -0.2) is 40.4 Å². The highest BCUT2D eigenvalue weighted by molar-refractivity contribution is 6.34. The maximum absolute atomic E-state index is 12.7. The van der Waals surface area contributed by atoms with Gasteiger partial charge in [-0.3, -0.25) is 14.5 Å². The zero-order valence-electron chi connectivity index (χ0n) is 14.5. The SMILES string of the molecule is O=C(Nc1ccccc1)c1c(Cl)cccc1CC(=O)C1CCCN1C(=O)O. The summed E-state index contributed by atoms with van der Waals surface area (Å²) in [6.45, 7) is 0.350. The molecule has 1 saturated heterocycles. The molecule has 2 aromatic rings. The molecule has 6 nitrogen and oxygen atoms in total. The molecule has 7 heteroatoms. The van der Waals surface area contributed by atoms with Crippen molar-refractivity contribution in [2.45, 2.75) is 25.3 Å². The van der Waals surface area contributed by atoms with Gasteiger partial charge in [-0.25, -0.2) is 4.79 Å². The molecule has 2 amide bonds. The van der Waals surface area contributed by atoms with Crippen molar-refractivity contribution in [3.05, 3.63) is 64.7 Å². The molecule has 0 spiro atoms. The Morgan fingerprint density at radius 1 is 1.11 bits per heavy atom. The molecule has 0 aliphatic carbocycles. The van der Waals surface area contributed by atoms with Gasteiger partial charge < -0.3 is 10.4 Å². The third kappa shape index (κ3) is 4.28. The predicted molar refractivity (Wildman–Crippen MR) is 102 cm³/mol. The molecule has 0 saturated carbocycles. The number of likely N-dealkylation sites (tertiary alicyclic amines) is 1. The summed E-state index contributed by atoms with van der Waals surface area (Å²) in [6.07, 6.45) is 0.00243. The first kappa shape index (κ1) is 18.9. The summed E-state index contributed by atoms with van der Waals surface area (Å²) in [5.41, 5.74) is 1.34. The Hall–Kier alpha value is -2.86. The molecule has 1 aliphatic rings. The van der Waals surface area contributed by atoms with Gasteiger partial charge in [-0.05, 0) is 36.6 Å². The summed E-state index contributed by atoms with van der Waals surface area (Å²) < 4.78 is 0. The van der Waals surface area contributed by atoms with E-state index in [0.29, 0.717) is 30.6 Å². The van der Waals surface area contributed by atoms with Gasteiger partial charge in [0.1, 0.15) is 0 Å². The summed E-state index contributed by atoms with van der Waals surface area (Å²) in [6, 6.07) is 13.2. The third-order valence-electron chi connectivity index (χ3n) is 4.59. The van der Waals surface area contributed by atoms with Crippen LogP contribution in [0, 0.1) is 0 Å². The van der Waals surface area contributed by atoms with E-state index >= 15 is 0 Å². The topological polar surface area (TPSA) is 86.7 Å². The molecule has 0 bridgehead atoms. The molecule has 140 valence electrons. The Balaban J connectivity index is 1.82. The van der Waals surface area contributed by atoms with E-state index in [1.165, 1.54) is 0 Å². The van der Waals surface area contributed by atoms with Gasteiger partial charge in [0.2, 0.25) is 0 Å². The van der Waals surface area contributed by atoms with Crippen LogP contribution in [0.15, 0.2) is 48.5 Å². The largest absolute Gasteiger partial charge is 0.465 e. The summed E-state index contributed by atoms with van der Waals surface area (Å²) in [5, 5.41) is 12.3. The molecule has 27 heavy (non-hydrogen) atoms. The number of nitrogens with zero attached hydrogens (tertiary/aromatic N) is 1. The molecular weight excluding hydrogens is 368 g/mol. The number of Topliss-reactive ketones (excluding diaryl/α,β-unsaturated/α-hetero) is 1. The minimum Gasteiger partial charge on any atom is -0.465 e. The van der Waals surface area contributed by atoms with E-state index in [-0.39, 0.29) is 22.8 Å². The standard InChI is InChI=1S/C20H19ClN2O4/c21-15-9-4-6-13(12-17(24)16-10-5-11-23(16)20(26)27)18(15)19(25)22-14-7-2-1-3-8-14/h1-4,6-9,16H,5,10-12H2,(H,22,25)(H,26,27). The first-order valence-electron chi connectivity index (χ1n) is 8.63. The van der Waals surface area contributed by atoms with Crippen LogP contribution in [0.5, 0.6) is 0 Å². The molecule has 1 aliphatic heterocycles. The second-order valence-corrected chi connectivity index (χ2v) is 6.78. The van der Waals surface area contributed by atoms with Crippen LogP contribution in [0.1, 0.15) is 28.8 Å². The molecule has 0 aromatic heterocycles. The first-order chi connectivity index (χ1) is 13.0. The van der Waals surface area contributed by atoms with Crippen LogP contribution in [0.2, 0.25) is 5.02 Å². The van der Waals surface area contributed by atoms with Crippen LogP contribution in [0.25, 0.3) is 0 Å². The van der Waals surface area contributed by atoms with Crippen LogP contribution < -0.4 is 5.32 Å². The molecule has 0 radical (unpaired) electrons. The molecule has 1 heterocycles. The van der Waals surface area contributed by atoms with Gasteiger partial charge in [0.05, 0.1) is 16.6 Å². The fourth-order valence-electron chi connectivity index (χ4n) is 3.32. The van der Waals surface area contributed by atoms with Crippen molar-refractivity contribution in [1.82, 2.24) is 4.90 Å². The van der Waals surface area contributed by atoms with Crippen molar-refractivity contribution in [1.29, 1.82) is 0 Å². The number of amides is 2. The van der Waals surface area contributed by atoms with E-state index in [9.17, 15) is 19.5 Å². The van der Waals surface area contributed by atoms with Crippen LogP contribution in [-0.2, 0) is 11.2 Å². The van der Waals surface area contributed by atoms with Crippen LogP contribution in [0.4, 0.5) is 10.5 Å². The lowest BCUT2D eigenvalue weighted by molar-refractivity contribution is -0.122. The van der Waals surface area contributed by atoms with E-state index in [2.05, 4.69) is 5.32 Å². The van der Waals surface area contributed by atoms with Crippen molar-refractivity contribution in [3.63, 3.8) is 0 Å². The number of hydrogen-bond donors (Lipinski definition) is 2. The second kappa shape index (κ2) is 8.22. The number of nitrogens with one attached hydrogen (secondary N) is 1. The Kier molecular flexibility index (Phi) is 5.76. The highest BCUT2D eigenvalue weighted by Gasteiger charge is 2.34. The van der Waals surface area contributed by atoms with Gasteiger partial charge in [-0.2, -0.15) is 0 Å². The Bertz CT molecular complexity index is 870. The van der Waals surface area contributed by atoms with Gasteiger partial charge in [-0.1, -0.05) is 41.9 Å². The lowest BCUT2D eigenvalue weighted by Crippen LogP contribution is -2.40. The van der Waals surface area contributed by atoms with E-state index in [1.807, 2.05) is 6.07 Å². The lowest BCUT2D eigenvalue weighted by atomic mass is 9.97. The second-order valence-electron chi connectivity index (χ2n) is 6.37. The normalized spacial score (nSPS) is 16.2. The third-order valence-corrected chi connectivity index (χ3v) is 4.91. The Morgan fingerprint density at radius 2 is 1.85 bits per heavy atom. The zero-order chi connectivity index (χ0) is 19.4. The van der Waals surface area contributed by atoms with Crippen LogP contribution >= 0.6 is 11.6 Å². The number of rotatable bonds is 5. The molecule has 3 rings (SSSR count). The molecule has 1 atom stereocenters. The first-order valence-corrected chi connectivity index (χ1v) is 9.01. The molecule has 2 N–H and O–H groups in total. The van der Waals surface area contributed by atoms with Crippen molar-refractivity contribution in [2.75, 3.05) is 11.9 Å². The van der Waals surface area contributed by atoms with Crippen molar-refractivity contribution >= 4 is 35.1 Å². The highest BCUT2D eigenvalue weighted by atomic mass is 35.5.